The van der Waals surface area contributed by atoms with Crippen LogP contribution in [0.15, 0.2) is 23.4 Å². The molecule has 1 aliphatic rings. The Kier molecular flexibility index (Phi) is 5.24. The minimum absolute atomic E-state index is 0.649. The summed E-state index contributed by atoms with van der Waals surface area (Å²) >= 11 is 0. The van der Waals surface area contributed by atoms with E-state index in [4.69, 9.17) is 9.47 Å². The molecule has 4 heteroatoms. The lowest BCUT2D eigenvalue weighted by Crippen LogP contribution is -2.27. The number of allylic oxidation sites excluding steroid dienone is 1. The first kappa shape index (κ1) is 18.1. The van der Waals surface area contributed by atoms with Crippen molar-refractivity contribution in [3.05, 3.63) is 34.5 Å². The van der Waals surface area contributed by atoms with E-state index in [1.807, 2.05) is 6.07 Å². The van der Waals surface area contributed by atoms with Gasteiger partial charge in [0.15, 0.2) is 0 Å². The van der Waals surface area contributed by atoms with Gasteiger partial charge in [0.1, 0.15) is 13.8 Å². The zero-order valence-corrected chi connectivity index (χ0v) is 17.5. The first-order valence-electron chi connectivity index (χ1n) is 8.13. The molecule has 0 unspecified atom stereocenters. The molecule has 0 spiro atoms. The van der Waals surface area contributed by atoms with Gasteiger partial charge in [-0.1, -0.05) is 51.3 Å². The van der Waals surface area contributed by atoms with Crippen molar-refractivity contribution in [1.82, 2.24) is 0 Å². The van der Waals surface area contributed by atoms with Crippen LogP contribution in [0.25, 0.3) is 5.57 Å². The summed E-state index contributed by atoms with van der Waals surface area (Å²) < 4.78 is 11.2. The Hall–Kier alpha value is -1.29. The number of ether oxygens (including phenoxy) is 2. The van der Waals surface area contributed by atoms with Gasteiger partial charge in [-0.25, -0.2) is 0 Å². The molecule has 0 radical (unpaired) electrons. The third kappa shape index (κ3) is 4.60. The second-order valence-corrected chi connectivity index (χ2v) is 17.9. The van der Waals surface area contributed by atoms with Crippen molar-refractivity contribution in [2.24, 2.45) is 0 Å². The highest BCUT2D eigenvalue weighted by molar-refractivity contribution is 6.86. The van der Waals surface area contributed by atoms with E-state index in [1.165, 1.54) is 21.9 Å². The normalized spacial score (nSPS) is 17.0. The van der Waals surface area contributed by atoms with Gasteiger partial charge in [-0.2, -0.15) is 0 Å². The molecule has 124 valence electrons. The van der Waals surface area contributed by atoms with Crippen LogP contribution in [-0.4, -0.2) is 29.9 Å². The van der Waals surface area contributed by atoms with Crippen LogP contribution in [0.3, 0.4) is 0 Å². The van der Waals surface area contributed by atoms with E-state index in [2.05, 4.69) is 62.9 Å². The van der Waals surface area contributed by atoms with Crippen molar-refractivity contribution in [2.75, 3.05) is 13.7 Å². The van der Waals surface area contributed by atoms with Crippen LogP contribution in [0.2, 0.25) is 39.3 Å². The van der Waals surface area contributed by atoms with Crippen molar-refractivity contribution in [3.63, 3.8) is 0 Å². The van der Waals surface area contributed by atoms with E-state index < -0.39 is 16.1 Å². The van der Waals surface area contributed by atoms with Crippen LogP contribution in [0.1, 0.15) is 11.1 Å². The number of fused-ring (bicyclic) bond motifs is 1. The largest absolute Gasteiger partial charge is 0.497 e. The van der Waals surface area contributed by atoms with Gasteiger partial charge in [0.05, 0.1) is 28.4 Å². The molecule has 0 N–H and O–H groups in total. The molecule has 0 fully saturated rings. The Labute approximate surface area is 142 Å². The lowest BCUT2D eigenvalue weighted by molar-refractivity contribution is 0.146. The molecule has 0 saturated heterocycles. The predicted molar refractivity (Wildman–Crippen MR) is 104 cm³/mol. The SMILES string of the molecule is COc1ccc2c(c1)COC/C2=C(/C#C[Si](C)(C)C)[Si](C)(C)C. The monoisotopic (exact) mass is 344 g/mol. The fourth-order valence-electron chi connectivity index (χ4n) is 2.62. The topological polar surface area (TPSA) is 18.5 Å². The Morgan fingerprint density at radius 2 is 1.78 bits per heavy atom. The Morgan fingerprint density at radius 1 is 1.09 bits per heavy atom. The summed E-state index contributed by atoms with van der Waals surface area (Å²) in [5, 5.41) is 1.34. The first-order chi connectivity index (χ1) is 10.6. The van der Waals surface area contributed by atoms with E-state index in [1.54, 1.807) is 7.11 Å². The van der Waals surface area contributed by atoms with Gasteiger partial charge in [0.2, 0.25) is 0 Å². The highest BCUT2D eigenvalue weighted by Crippen LogP contribution is 2.33. The summed E-state index contributed by atoms with van der Waals surface area (Å²) in [6, 6.07) is 6.29. The molecule has 1 heterocycles. The van der Waals surface area contributed by atoms with E-state index in [0.29, 0.717) is 13.2 Å². The molecule has 0 bridgehead atoms. The minimum atomic E-state index is -1.55. The molecule has 1 aromatic carbocycles. The molecule has 2 nitrogen and oxygen atoms in total. The zero-order valence-electron chi connectivity index (χ0n) is 15.5. The molecule has 0 saturated carbocycles. The van der Waals surface area contributed by atoms with Crippen LogP contribution in [0.4, 0.5) is 0 Å². The Morgan fingerprint density at radius 3 is 2.35 bits per heavy atom. The van der Waals surface area contributed by atoms with Crippen LogP contribution in [-0.2, 0) is 11.3 Å². The quantitative estimate of drug-likeness (QED) is 0.570. The molecule has 1 aromatic rings. The molecule has 23 heavy (non-hydrogen) atoms. The van der Waals surface area contributed by atoms with Crippen molar-refractivity contribution < 1.29 is 9.47 Å². The molecule has 0 amide bonds. The van der Waals surface area contributed by atoms with Gasteiger partial charge < -0.3 is 9.47 Å². The third-order valence-electron chi connectivity index (χ3n) is 3.76. The molecule has 2 rings (SSSR count). The third-order valence-corrected chi connectivity index (χ3v) is 6.56. The van der Waals surface area contributed by atoms with Crippen LogP contribution in [0, 0.1) is 11.5 Å². The number of hydrogen-bond donors (Lipinski definition) is 0. The molecular weight excluding hydrogens is 316 g/mol. The predicted octanol–water partition coefficient (Wildman–Crippen LogP) is 4.74. The Balaban J connectivity index is 2.63. The van der Waals surface area contributed by atoms with E-state index in [-0.39, 0.29) is 0 Å². The van der Waals surface area contributed by atoms with E-state index in [0.717, 1.165) is 5.75 Å². The summed E-state index contributed by atoms with van der Waals surface area (Å²) in [5.41, 5.74) is 7.35. The maximum absolute atomic E-state index is 5.87. The summed E-state index contributed by atoms with van der Waals surface area (Å²) in [5.74, 6) is 4.47. The first-order valence-corrected chi connectivity index (χ1v) is 15.1. The second-order valence-electron chi connectivity index (χ2n) is 8.12. The summed E-state index contributed by atoms with van der Waals surface area (Å²) in [7, 11) is -1.25. The summed E-state index contributed by atoms with van der Waals surface area (Å²) in [6.07, 6.45) is 0. The lowest BCUT2D eigenvalue weighted by Gasteiger charge is -2.27. The molecule has 0 atom stereocenters. The number of rotatable bonds is 2. The van der Waals surface area contributed by atoms with Gasteiger partial charge >= 0.3 is 0 Å². The Bertz CT molecular complexity index is 680. The van der Waals surface area contributed by atoms with Crippen LogP contribution >= 0.6 is 0 Å². The van der Waals surface area contributed by atoms with Crippen molar-refractivity contribution in [2.45, 2.75) is 45.9 Å². The van der Waals surface area contributed by atoms with Crippen molar-refractivity contribution >= 4 is 21.7 Å². The fraction of sp³-hybridized carbons (Fsp3) is 0.474. The lowest BCUT2D eigenvalue weighted by atomic mass is 9.98. The van der Waals surface area contributed by atoms with Crippen molar-refractivity contribution in [3.8, 4) is 17.2 Å². The average Bonchev–Trinajstić information content (AvgIpc) is 2.44. The smallest absolute Gasteiger partial charge is 0.129 e. The van der Waals surface area contributed by atoms with E-state index in [9.17, 15) is 0 Å². The average molecular weight is 345 g/mol. The minimum Gasteiger partial charge on any atom is -0.497 e. The second kappa shape index (κ2) is 6.68. The van der Waals surface area contributed by atoms with Crippen molar-refractivity contribution in [1.29, 1.82) is 0 Å². The van der Waals surface area contributed by atoms with Crippen LogP contribution < -0.4 is 4.74 Å². The molecular formula is C19H28O2Si2. The maximum Gasteiger partial charge on any atom is 0.129 e. The van der Waals surface area contributed by atoms with Gasteiger partial charge in [0.25, 0.3) is 0 Å². The van der Waals surface area contributed by atoms with Gasteiger partial charge in [0, 0.05) is 0 Å². The zero-order chi connectivity index (χ0) is 17.3. The highest BCUT2D eigenvalue weighted by Gasteiger charge is 2.26. The molecule has 0 aromatic heterocycles. The summed E-state index contributed by atoms with van der Waals surface area (Å²) in [6.45, 7) is 15.3. The molecule has 0 aliphatic carbocycles. The maximum atomic E-state index is 5.87. The number of hydrogen-bond acceptors (Lipinski definition) is 2. The standard InChI is InChI=1S/C19H28O2Si2/c1-20-16-8-9-17-15(12-16)13-21-14-18(17)19(23(5,6)7)10-11-22(2,3)4/h8-9,12H,13-14H2,1-7H3/b19-18+. The number of methoxy groups -OCH3 is 1. The van der Waals surface area contributed by atoms with Crippen LogP contribution in [0.5, 0.6) is 5.75 Å². The van der Waals surface area contributed by atoms with Gasteiger partial charge in [-0.15, -0.1) is 5.54 Å². The number of benzene rings is 1. The van der Waals surface area contributed by atoms with E-state index >= 15 is 0 Å². The molecule has 1 aliphatic heterocycles. The van der Waals surface area contributed by atoms with Gasteiger partial charge in [-0.3, -0.25) is 0 Å². The van der Waals surface area contributed by atoms with Gasteiger partial charge in [-0.05, 0) is 34.0 Å². The fourth-order valence-corrected chi connectivity index (χ4v) is 4.80. The summed E-state index contributed by atoms with van der Waals surface area (Å²) in [4.78, 5) is 0. The highest BCUT2D eigenvalue weighted by atomic mass is 28.3.